The minimum absolute atomic E-state index is 0.0593. The van der Waals surface area contributed by atoms with Gasteiger partial charge in [0.05, 0.1) is 5.41 Å². The van der Waals surface area contributed by atoms with Crippen LogP contribution in [-0.4, -0.2) is 101 Å². The van der Waals surface area contributed by atoms with Crippen LogP contribution in [0.25, 0.3) is 0 Å². The van der Waals surface area contributed by atoms with Crippen LogP contribution < -0.4 is 0 Å². The molecular weight excluding hydrogens is 681 g/mol. The highest BCUT2D eigenvalue weighted by Crippen LogP contribution is 2.46. The molecule has 0 atom stereocenters. The van der Waals surface area contributed by atoms with Gasteiger partial charge in [-0.05, 0) is 119 Å². The maximum absolute atomic E-state index is 13.7. The van der Waals surface area contributed by atoms with Crippen molar-refractivity contribution >= 4 is 23.8 Å². The molecule has 0 aromatic carbocycles. The number of likely N-dealkylation sites (tertiary alicyclic amines) is 2. The summed E-state index contributed by atoms with van der Waals surface area (Å²) in [4.78, 5) is 59.7. The van der Waals surface area contributed by atoms with Gasteiger partial charge < -0.3 is 20.0 Å². The van der Waals surface area contributed by atoms with Gasteiger partial charge in [0.25, 0.3) is 0 Å². The van der Waals surface area contributed by atoms with Crippen LogP contribution in [0.1, 0.15) is 152 Å². The number of piperidine rings is 2. The van der Waals surface area contributed by atoms with Gasteiger partial charge in [-0.15, -0.1) is 0 Å². The number of aliphatic carboxylic acids is 2. The number of amides is 2. The van der Waals surface area contributed by atoms with Crippen molar-refractivity contribution < 1.29 is 29.4 Å². The van der Waals surface area contributed by atoms with E-state index >= 15 is 0 Å². The Bertz CT molecular complexity index is 1350. The molecule has 2 saturated heterocycles. The second-order valence-corrected chi connectivity index (χ2v) is 19.0. The molecule has 0 saturated carbocycles. The van der Waals surface area contributed by atoms with Gasteiger partial charge >= 0.3 is 11.9 Å². The summed E-state index contributed by atoms with van der Waals surface area (Å²) in [5.41, 5.74) is -2.02. The normalized spacial score (nSPS) is 23.5. The van der Waals surface area contributed by atoms with Gasteiger partial charge in [0, 0.05) is 79.0 Å². The van der Waals surface area contributed by atoms with Crippen molar-refractivity contribution in [2.45, 2.75) is 186 Å². The molecule has 54 heavy (non-hydrogen) atoms. The third-order valence-electron chi connectivity index (χ3n) is 12.9. The van der Waals surface area contributed by atoms with Gasteiger partial charge in [-0.25, -0.2) is 0 Å². The minimum atomic E-state index is -0.947. The molecule has 10 heteroatoms. The zero-order valence-electron chi connectivity index (χ0n) is 34.6. The average Bonchev–Trinajstić information content (AvgIpc) is 3.40. The lowest BCUT2D eigenvalue weighted by Crippen LogP contribution is -2.65. The number of carbonyl (C=O) groups excluding carboxylic acids is 2. The Labute approximate surface area is 325 Å². The van der Waals surface area contributed by atoms with Crippen molar-refractivity contribution in [2.24, 2.45) is 5.41 Å². The molecule has 302 valence electrons. The summed E-state index contributed by atoms with van der Waals surface area (Å²) in [6.45, 7) is 19.2. The van der Waals surface area contributed by atoms with Gasteiger partial charge in [0.1, 0.15) is 0 Å². The third-order valence-corrected chi connectivity index (χ3v) is 12.9. The zero-order valence-corrected chi connectivity index (χ0v) is 34.6. The SMILES string of the molecule is CC1(C)CC(N2C=CC=CCC2=O)CC(C)(C)N1CCC(CCCCCCCC(=O)O)(CCN1C(C)(C)CC(N2C=CC=CCC2=O)CC1(C)C)C(=O)O. The fourth-order valence-corrected chi connectivity index (χ4v) is 10.6. The van der Waals surface area contributed by atoms with Gasteiger partial charge in [0.2, 0.25) is 11.8 Å². The fourth-order valence-electron chi connectivity index (χ4n) is 10.6. The van der Waals surface area contributed by atoms with Crippen molar-refractivity contribution in [1.82, 2.24) is 19.6 Å². The maximum Gasteiger partial charge on any atom is 0.309 e. The lowest BCUT2D eigenvalue weighted by atomic mass is 9.71. The van der Waals surface area contributed by atoms with Crippen molar-refractivity contribution in [1.29, 1.82) is 0 Å². The predicted octanol–water partition coefficient (Wildman–Crippen LogP) is 8.30. The van der Waals surface area contributed by atoms with E-state index < -0.39 is 17.4 Å². The molecule has 0 aromatic heterocycles. The number of hydrogen-bond acceptors (Lipinski definition) is 6. The topological polar surface area (TPSA) is 122 Å². The Morgan fingerprint density at radius 1 is 0.611 bits per heavy atom. The van der Waals surface area contributed by atoms with E-state index in [4.69, 9.17) is 5.11 Å². The number of carboxylic acids is 2. The highest BCUT2D eigenvalue weighted by atomic mass is 16.4. The second kappa shape index (κ2) is 17.7. The Morgan fingerprint density at radius 2 is 1.00 bits per heavy atom. The number of nitrogens with zero attached hydrogens (tertiary/aromatic N) is 4. The lowest BCUT2D eigenvalue weighted by molar-refractivity contribution is -0.154. The van der Waals surface area contributed by atoms with Crippen LogP contribution in [0.4, 0.5) is 0 Å². The fraction of sp³-hybridized carbons (Fsp3) is 0.727. The molecule has 0 aromatic rings. The van der Waals surface area contributed by atoms with Crippen molar-refractivity contribution in [3.63, 3.8) is 0 Å². The lowest BCUT2D eigenvalue weighted by Gasteiger charge is -2.58. The maximum atomic E-state index is 13.7. The number of hydrogen-bond donors (Lipinski definition) is 2. The molecule has 2 N–H and O–H groups in total. The molecule has 0 spiro atoms. The van der Waals surface area contributed by atoms with Crippen LogP contribution in [0.5, 0.6) is 0 Å². The van der Waals surface area contributed by atoms with Crippen LogP contribution in [0.15, 0.2) is 48.9 Å². The second-order valence-electron chi connectivity index (χ2n) is 19.0. The van der Waals surface area contributed by atoms with E-state index in [1.165, 1.54) is 0 Å². The number of carboxylic acid groups (broad SMARTS) is 2. The first-order chi connectivity index (χ1) is 25.2. The van der Waals surface area contributed by atoms with Gasteiger partial charge in [-0.2, -0.15) is 0 Å². The third kappa shape index (κ3) is 10.7. The van der Waals surface area contributed by atoms with E-state index in [2.05, 4.69) is 65.2 Å². The van der Waals surface area contributed by atoms with Crippen LogP contribution in [0, 0.1) is 5.41 Å². The summed E-state index contributed by atoms with van der Waals surface area (Å²) >= 11 is 0. The van der Waals surface area contributed by atoms with Gasteiger partial charge in [-0.3, -0.25) is 29.0 Å². The molecule has 2 amide bonds. The van der Waals surface area contributed by atoms with Gasteiger partial charge in [0.15, 0.2) is 0 Å². The molecule has 0 unspecified atom stereocenters. The van der Waals surface area contributed by atoms with E-state index in [0.29, 0.717) is 51.6 Å². The number of rotatable bonds is 17. The summed E-state index contributed by atoms with van der Waals surface area (Å²) in [6.07, 6.45) is 25.1. The Balaban J connectivity index is 1.54. The molecule has 4 aliphatic rings. The van der Waals surface area contributed by atoms with Crippen LogP contribution in [-0.2, 0) is 19.2 Å². The molecular formula is C44H70N4O6. The van der Waals surface area contributed by atoms with Crippen molar-refractivity contribution in [3.05, 3.63) is 48.9 Å². The molecule has 0 radical (unpaired) electrons. The summed E-state index contributed by atoms with van der Waals surface area (Å²) < 4.78 is 0. The molecule has 4 rings (SSSR count). The van der Waals surface area contributed by atoms with Crippen LogP contribution in [0.2, 0.25) is 0 Å². The number of unbranched alkanes of at least 4 members (excludes halogenated alkanes) is 4. The summed E-state index contributed by atoms with van der Waals surface area (Å²) in [5, 5.41) is 20.3. The average molecular weight is 751 g/mol. The summed E-state index contributed by atoms with van der Waals surface area (Å²) in [6, 6.07) is 0.119. The van der Waals surface area contributed by atoms with E-state index in [9.17, 15) is 24.3 Å². The zero-order chi connectivity index (χ0) is 40.0. The van der Waals surface area contributed by atoms with Crippen molar-refractivity contribution in [3.8, 4) is 0 Å². The first-order valence-corrected chi connectivity index (χ1v) is 20.5. The minimum Gasteiger partial charge on any atom is -0.481 e. The molecule has 4 heterocycles. The van der Waals surface area contributed by atoms with E-state index in [1.807, 2.05) is 58.7 Å². The van der Waals surface area contributed by atoms with E-state index in [1.54, 1.807) is 0 Å². The molecule has 10 nitrogen and oxygen atoms in total. The first-order valence-electron chi connectivity index (χ1n) is 20.5. The highest BCUT2D eigenvalue weighted by Gasteiger charge is 2.51. The standard InChI is InChI=1S/C44H70N4O6/c1-40(2)30-34(45-26-18-12-14-20-36(45)49)31-41(3,4)47(40)28-24-44(39(53)54,23-17-11-9-10-16-22-38(51)52)25-29-48-42(5,6)32-35(33-43(48,7)8)46-27-19-13-15-21-37(46)50/h12-15,18-19,26-27,34-35H,9-11,16-17,20-25,28-33H2,1-8H3,(H,51,52)(H,53,54). The number of allylic oxidation sites excluding steroid dienone is 4. The monoisotopic (exact) mass is 751 g/mol. The molecule has 0 aliphatic carbocycles. The Kier molecular flexibility index (Phi) is 14.3. The van der Waals surface area contributed by atoms with E-state index in [-0.39, 0.29) is 52.5 Å². The molecule has 4 aliphatic heterocycles. The number of carbonyl (C=O) groups is 4. The van der Waals surface area contributed by atoms with Crippen LogP contribution >= 0.6 is 0 Å². The molecule has 2 fully saturated rings. The van der Waals surface area contributed by atoms with Crippen LogP contribution in [0.3, 0.4) is 0 Å². The highest BCUT2D eigenvalue weighted by molar-refractivity contribution is 5.80. The van der Waals surface area contributed by atoms with E-state index in [0.717, 1.165) is 51.4 Å². The predicted molar refractivity (Wildman–Crippen MR) is 215 cm³/mol. The largest absolute Gasteiger partial charge is 0.481 e. The Morgan fingerprint density at radius 3 is 1.39 bits per heavy atom. The smallest absolute Gasteiger partial charge is 0.309 e. The summed E-state index contributed by atoms with van der Waals surface area (Å²) in [7, 11) is 0. The van der Waals surface area contributed by atoms with Gasteiger partial charge in [-0.1, -0.05) is 50.0 Å². The summed E-state index contributed by atoms with van der Waals surface area (Å²) in [5.74, 6) is -1.30. The quantitative estimate of drug-likeness (QED) is 0.143. The first kappa shape index (κ1) is 43.5. The Hall–Kier alpha value is -3.24. The molecule has 0 bridgehead atoms. The van der Waals surface area contributed by atoms with Crippen molar-refractivity contribution in [2.75, 3.05) is 13.1 Å².